The molecule has 0 bridgehead atoms. The normalized spacial score (nSPS) is 19.4. The molecule has 2 atom stereocenters. The Morgan fingerprint density at radius 3 is 2.13 bits per heavy atom. The van der Waals surface area contributed by atoms with E-state index in [-0.39, 0.29) is 18.0 Å². The zero-order valence-corrected chi connectivity index (χ0v) is 22.1. The number of primary amides is 1. The first-order valence-electron chi connectivity index (χ1n) is 13.0. The Labute approximate surface area is 227 Å². The fraction of sp³-hybridized carbons (Fsp3) is 0.357. The molecule has 11 nitrogen and oxygen atoms in total. The van der Waals surface area contributed by atoms with Crippen LogP contribution in [0, 0.1) is 0 Å². The van der Waals surface area contributed by atoms with E-state index in [1.165, 1.54) is 4.90 Å². The standard InChI is InChI=1S/C28H33N7O4/c1-19-17-38-14-12-33(19)25-16-24(31-28(32-25)34-13-15-39-18-20(34)2)30-26(36)21-8-10-23(11-9-21)35(27(29)37)22-6-4-3-5-7-22/h3-11,16,19-20H,12-15,17-18H2,1-2H3,(H2,29,37)(H,30,31,32,36)/t19-,20-/m0/s1. The van der Waals surface area contributed by atoms with Gasteiger partial charge in [0, 0.05) is 24.7 Å². The van der Waals surface area contributed by atoms with Crippen LogP contribution < -0.4 is 25.8 Å². The maximum atomic E-state index is 13.3. The number of benzene rings is 2. The maximum Gasteiger partial charge on any atom is 0.323 e. The van der Waals surface area contributed by atoms with Crippen LogP contribution in [0.15, 0.2) is 60.7 Å². The number of amides is 3. The van der Waals surface area contributed by atoms with Gasteiger partial charge in [-0.05, 0) is 50.2 Å². The zero-order chi connectivity index (χ0) is 27.4. The van der Waals surface area contributed by atoms with Crippen molar-refractivity contribution < 1.29 is 19.1 Å². The predicted octanol–water partition coefficient (Wildman–Crippen LogP) is 3.40. The van der Waals surface area contributed by atoms with Gasteiger partial charge in [0.15, 0.2) is 0 Å². The molecule has 3 N–H and O–H groups in total. The van der Waals surface area contributed by atoms with Gasteiger partial charge >= 0.3 is 6.03 Å². The number of urea groups is 1. The number of rotatable bonds is 6. The molecule has 0 saturated carbocycles. The molecule has 2 aliphatic rings. The van der Waals surface area contributed by atoms with E-state index in [4.69, 9.17) is 25.2 Å². The maximum absolute atomic E-state index is 13.3. The van der Waals surface area contributed by atoms with Crippen molar-refractivity contribution in [2.24, 2.45) is 5.73 Å². The van der Waals surface area contributed by atoms with Crippen LogP contribution in [0.2, 0.25) is 0 Å². The summed E-state index contributed by atoms with van der Waals surface area (Å²) in [7, 11) is 0. The van der Waals surface area contributed by atoms with Crippen molar-refractivity contribution in [1.29, 1.82) is 0 Å². The SMILES string of the molecule is C[C@H]1COCCN1c1cc(NC(=O)c2ccc(N(C(N)=O)c3ccccc3)cc2)nc(N2CCOC[C@@H]2C)n1. The number of hydrogen-bond donors (Lipinski definition) is 2. The summed E-state index contributed by atoms with van der Waals surface area (Å²) in [6.07, 6.45) is 0. The summed E-state index contributed by atoms with van der Waals surface area (Å²) in [6, 6.07) is 17.2. The Kier molecular flexibility index (Phi) is 7.89. The summed E-state index contributed by atoms with van der Waals surface area (Å²) in [6.45, 7) is 7.90. The van der Waals surface area contributed by atoms with Crippen LogP contribution in [0.4, 0.5) is 33.8 Å². The Morgan fingerprint density at radius 2 is 1.51 bits per heavy atom. The van der Waals surface area contributed by atoms with Crippen LogP contribution in [0.3, 0.4) is 0 Å². The molecule has 2 aliphatic heterocycles. The highest BCUT2D eigenvalue weighted by molar-refractivity contribution is 6.05. The second-order valence-corrected chi connectivity index (χ2v) is 9.66. The molecular weight excluding hydrogens is 498 g/mol. The first-order valence-corrected chi connectivity index (χ1v) is 13.0. The number of nitrogens with two attached hydrogens (primary N) is 1. The third kappa shape index (κ3) is 5.94. The summed E-state index contributed by atoms with van der Waals surface area (Å²) < 4.78 is 11.2. The van der Waals surface area contributed by atoms with Crippen molar-refractivity contribution in [2.75, 3.05) is 59.5 Å². The third-order valence-corrected chi connectivity index (χ3v) is 6.85. The smallest absolute Gasteiger partial charge is 0.323 e. The highest BCUT2D eigenvalue weighted by Crippen LogP contribution is 2.27. The lowest BCUT2D eigenvalue weighted by atomic mass is 10.1. The zero-order valence-electron chi connectivity index (χ0n) is 22.1. The van der Waals surface area contributed by atoms with Gasteiger partial charge in [0.1, 0.15) is 11.6 Å². The molecule has 2 saturated heterocycles. The quantitative estimate of drug-likeness (QED) is 0.496. The first-order chi connectivity index (χ1) is 18.9. The molecule has 39 heavy (non-hydrogen) atoms. The van der Waals surface area contributed by atoms with Gasteiger partial charge in [0.2, 0.25) is 5.95 Å². The number of morpholine rings is 2. The lowest BCUT2D eigenvalue weighted by Crippen LogP contribution is -2.46. The number of para-hydroxylation sites is 1. The second kappa shape index (κ2) is 11.7. The fourth-order valence-corrected chi connectivity index (χ4v) is 4.78. The van der Waals surface area contributed by atoms with Crippen LogP contribution >= 0.6 is 0 Å². The van der Waals surface area contributed by atoms with E-state index < -0.39 is 6.03 Å². The molecule has 11 heteroatoms. The van der Waals surface area contributed by atoms with E-state index in [0.29, 0.717) is 68.2 Å². The molecule has 2 aromatic carbocycles. The topological polar surface area (TPSA) is 126 Å². The number of ether oxygens (including phenoxy) is 2. The molecule has 1 aromatic heterocycles. The molecule has 3 aromatic rings. The minimum Gasteiger partial charge on any atom is -0.377 e. The van der Waals surface area contributed by atoms with Crippen LogP contribution in [-0.4, -0.2) is 73.5 Å². The minimum absolute atomic E-state index is 0.102. The highest BCUT2D eigenvalue weighted by atomic mass is 16.5. The van der Waals surface area contributed by atoms with E-state index >= 15 is 0 Å². The summed E-state index contributed by atoms with van der Waals surface area (Å²) in [5.41, 5.74) is 7.25. The van der Waals surface area contributed by atoms with Gasteiger partial charge in [-0.25, -0.2) is 4.79 Å². The van der Waals surface area contributed by atoms with Gasteiger partial charge < -0.3 is 30.3 Å². The van der Waals surface area contributed by atoms with Crippen molar-refractivity contribution >= 4 is 40.9 Å². The van der Waals surface area contributed by atoms with Crippen molar-refractivity contribution in [1.82, 2.24) is 9.97 Å². The lowest BCUT2D eigenvalue weighted by molar-refractivity contribution is 0.0971. The molecule has 0 spiro atoms. The van der Waals surface area contributed by atoms with E-state index in [0.717, 1.165) is 5.82 Å². The van der Waals surface area contributed by atoms with Crippen molar-refractivity contribution in [3.8, 4) is 0 Å². The van der Waals surface area contributed by atoms with Gasteiger partial charge in [-0.15, -0.1) is 0 Å². The van der Waals surface area contributed by atoms with E-state index in [9.17, 15) is 9.59 Å². The number of carbonyl (C=O) groups excluding carboxylic acids is 2. The van der Waals surface area contributed by atoms with Crippen LogP contribution in [0.1, 0.15) is 24.2 Å². The minimum atomic E-state index is -0.617. The van der Waals surface area contributed by atoms with E-state index in [1.807, 2.05) is 18.2 Å². The van der Waals surface area contributed by atoms with Crippen LogP contribution in [0.25, 0.3) is 0 Å². The average Bonchev–Trinajstić information content (AvgIpc) is 2.94. The van der Waals surface area contributed by atoms with Crippen molar-refractivity contribution in [3.05, 3.63) is 66.2 Å². The number of nitrogens with one attached hydrogen (secondary N) is 1. The Hall–Kier alpha value is -4.22. The molecular formula is C28H33N7O4. The van der Waals surface area contributed by atoms with Crippen LogP contribution in [-0.2, 0) is 9.47 Å². The summed E-state index contributed by atoms with van der Waals surface area (Å²) in [5, 5.41) is 2.94. The van der Waals surface area contributed by atoms with Gasteiger partial charge in [0.05, 0.1) is 49.9 Å². The van der Waals surface area contributed by atoms with Gasteiger partial charge in [-0.1, -0.05) is 18.2 Å². The number of aromatic nitrogens is 2. The second-order valence-electron chi connectivity index (χ2n) is 9.66. The Bertz CT molecular complexity index is 1260. The van der Waals surface area contributed by atoms with Gasteiger partial charge in [0.25, 0.3) is 5.91 Å². The summed E-state index contributed by atoms with van der Waals surface area (Å²) in [5.74, 6) is 1.37. The fourth-order valence-electron chi connectivity index (χ4n) is 4.78. The molecule has 3 amide bonds. The number of nitrogens with zero attached hydrogens (tertiary/aromatic N) is 5. The Balaban J connectivity index is 1.40. The summed E-state index contributed by atoms with van der Waals surface area (Å²) >= 11 is 0. The van der Waals surface area contributed by atoms with Crippen LogP contribution in [0.5, 0.6) is 0 Å². The molecule has 0 aliphatic carbocycles. The third-order valence-electron chi connectivity index (χ3n) is 6.85. The lowest BCUT2D eigenvalue weighted by Gasteiger charge is -2.36. The first kappa shape index (κ1) is 26.4. The molecule has 0 radical (unpaired) electrons. The number of carbonyl (C=O) groups is 2. The van der Waals surface area contributed by atoms with Gasteiger partial charge in [-0.2, -0.15) is 9.97 Å². The average molecular weight is 532 g/mol. The molecule has 204 valence electrons. The van der Waals surface area contributed by atoms with Gasteiger partial charge in [-0.3, -0.25) is 9.69 Å². The number of hydrogen-bond acceptors (Lipinski definition) is 8. The van der Waals surface area contributed by atoms with E-state index in [1.54, 1.807) is 42.5 Å². The highest BCUT2D eigenvalue weighted by Gasteiger charge is 2.26. The number of anilines is 5. The Morgan fingerprint density at radius 1 is 0.897 bits per heavy atom. The molecule has 5 rings (SSSR count). The van der Waals surface area contributed by atoms with Crippen molar-refractivity contribution in [2.45, 2.75) is 25.9 Å². The molecule has 2 fully saturated rings. The monoisotopic (exact) mass is 531 g/mol. The molecule has 3 heterocycles. The predicted molar refractivity (Wildman–Crippen MR) is 150 cm³/mol. The van der Waals surface area contributed by atoms with Crippen molar-refractivity contribution in [3.63, 3.8) is 0 Å². The largest absolute Gasteiger partial charge is 0.377 e. The molecule has 0 unspecified atom stereocenters. The van der Waals surface area contributed by atoms with E-state index in [2.05, 4.69) is 29.0 Å². The summed E-state index contributed by atoms with van der Waals surface area (Å²) in [4.78, 5) is 40.7.